The van der Waals surface area contributed by atoms with Gasteiger partial charge in [0.25, 0.3) is 0 Å². The number of hydrogen-bond donors (Lipinski definition) is 1. The monoisotopic (exact) mass is 136 g/mol. The molecule has 2 rings (SSSR count). The molecule has 0 saturated heterocycles. The van der Waals surface area contributed by atoms with E-state index in [2.05, 4.69) is 15.3 Å². The Morgan fingerprint density at radius 3 is 3.30 bits per heavy atom. The van der Waals surface area contributed by atoms with E-state index in [1.54, 1.807) is 18.3 Å². The predicted molar refractivity (Wildman–Crippen MR) is 32.8 cm³/mol. The number of H-pyrrole nitrogens is 1. The van der Waals surface area contributed by atoms with Gasteiger partial charge < -0.3 is 5.21 Å². The molecule has 0 spiro atoms. The predicted octanol–water partition coefficient (Wildman–Crippen LogP) is -0.409. The summed E-state index contributed by atoms with van der Waals surface area (Å²) in [5.74, 6) is 0. The summed E-state index contributed by atoms with van der Waals surface area (Å²) in [5, 5.41) is 16.6. The van der Waals surface area contributed by atoms with Crippen LogP contribution in [0.3, 0.4) is 0 Å². The first-order valence-corrected chi connectivity index (χ1v) is 2.76. The number of aromatic amines is 1. The molecule has 0 unspecified atom stereocenters. The van der Waals surface area contributed by atoms with Crippen LogP contribution in [0.2, 0.25) is 0 Å². The fourth-order valence-corrected chi connectivity index (χ4v) is 0.780. The van der Waals surface area contributed by atoms with Crippen molar-refractivity contribution in [1.82, 2.24) is 15.3 Å². The highest BCUT2D eigenvalue weighted by Gasteiger charge is 2.05. The van der Waals surface area contributed by atoms with Crippen LogP contribution in [0.15, 0.2) is 18.3 Å². The van der Waals surface area contributed by atoms with Crippen LogP contribution >= 0.6 is 0 Å². The van der Waals surface area contributed by atoms with Crippen LogP contribution in [0.4, 0.5) is 0 Å². The van der Waals surface area contributed by atoms with Crippen LogP contribution in [0, 0.1) is 5.21 Å². The molecular formula is C5H4N4O. The molecule has 0 saturated carbocycles. The molecule has 2 aromatic heterocycles. The summed E-state index contributed by atoms with van der Waals surface area (Å²) in [6.45, 7) is 0. The SMILES string of the molecule is [O-][n+]1[nH]nc2ncccc21. The molecular weight excluding hydrogens is 132 g/mol. The van der Waals surface area contributed by atoms with Crippen molar-refractivity contribution >= 4 is 11.2 Å². The summed E-state index contributed by atoms with van der Waals surface area (Å²) in [6.07, 6.45) is 1.59. The van der Waals surface area contributed by atoms with E-state index in [0.29, 0.717) is 16.0 Å². The van der Waals surface area contributed by atoms with Crippen molar-refractivity contribution in [2.75, 3.05) is 0 Å². The first-order valence-electron chi connectivity index (χ1n) is 2.76. The van der Waals surface area contributed by atoms with Gasteiger partial charge in [-0.15, -0.1) is 0 Å². The molecule has 50 valence electrons. The third kappa shape index (κ3) is 0.540. The number of rotatable bonds is 0. The molecule has 5 nitrogen and oxygen atoms in total. The molecule has 2 heterocycles. The van der Waals surface area contributed by atoms with Crippen LogP contribution in [-0.2, 0) is 0 Å². The summed E-state index contributed by atoms with van der Waals surface area (Å²) >= 11 is 0. The summed E-state index contributed by atoms with van der Waals surface area (Å²) in [4.78, 5) is 4.41. The Kier molecular flexibility index (Phi) is 0.858. The second-order valence-electron chi connectivity index (χ2n) is 1.85. The van der Waals surface area contributed by atoms with E-state index in [9.17, 15) is 5.21 Å². The lowest BCUT2D eigenvalue weighted by Gasteiger charge is -1.90. The van der Waals surface area contributed by atoms with Crippen molar-refractivity contribution in [1.29, 1.82) is 0 Å². The van der Waals surface area contributed by atoms with E-state index >= 15 is 0 Å². The number of pyridine rings is 1. The molecule has 0 aromatic carbocycles. The zero-order chi connectivity index (χ0) is 6.97. The normalized spacial score (nSPS) is 10.4. The summed E-state index contributed by atoms with van der Waals surface area (Å²) < 4.78 is 0. The van der Waals surface area contributed by atoms with Gasteiger partial charge in [0.05, 0.1) is 5.10 Å². The Bertz CT molecular complexity index is 355. The average Bonchev–Trinajstić information content (AvgIpc) is 2.34. The van der Waals surface area contributed by atoms with E-state index in [1.165, 1.54) is 0 Å². The van der Waals surface area contributed by atoms with Gasteiger partial charge in [-0.1, -0.05) is 5.21 Å². The van der Waals surface area contributed by atoms with Crippen molar-refractivity contribution < 1.29 is 4.85 Å². The Morgan fingerprint density at radius 2 is 2.50 bits per heavy atom. The zero-order valence-electron chi connectivity index (χ0n) is 4.98. The average molecular weight is 136 g/mol. The molecule has 0 aliphatic heterocycles. The maximum Gasteiger partial charge on any atom is 0.341 e. The number of fused-ring (bicyclic) bond motifs is 1. The Hall–Kier alpha value is -1.65. The number of hydrogen-bond acceptors (Lipinski definition) is 3. The Balaban J connectivity index is 2.93. The van der Waals surface area contributed by atoms with Crippen molar-refractivity contribution in [2.45, 2.75) is 0 Å². The smallest absolute Gasteiger partial charge is 0.341 e. The molecule has 0 bridgehead atoms. The minimum absolute atomic E-state index is 0.442. The van der Waals surface area contributed by atoms with Gasteiger partial charge in [0, 0.05) is 6.20 Å². The first-order chi connectivity index (χ1) is 4.88. The number of nitrogens with zero attached hydrogens (tertiary/aromatic N) is 3. The fraction of sp³-hybridized carbons (Fsp3) is 0. The van der Waals surface area contributed by atoms with Crippen molar-refractivity contribution in [3.05, 3.63) is 23.5 Å². The summed E-state index contributed by atoms with van der Waals surface area (Å²) in [7, 11) is 0. The van der Waals surface area contributed by atoms with Gasteiger partial charge in [-0.25, -0.2) is 4.98 Å². The summed E-state index contributed by atoms with van der Waals surface area (Å²) in [6, 6.07) is 3.34. The Labute approximate surface area is 55.9 Å². The quantitative estimate of drug-likeness (QED) is 0.395. The number of nitrogens with one attached hydrogen (secondary N) is 1. The van der Waals surface area contributed by atoms with E-state index in [4.69, 9.17) is 0 Å². The van der Waals surface area contributed by atoms with Crippen LogP contribution in [-0.4, -0.2) is 15.3 Å². The highest BCUT2D eigenvalue weighted by atomic mass is 16.5. The van der Waals surface area contributed by atoms with Crippen molar-refractivity contribution in [2.24, 2.45) is 0 Å². The molecule has 1 N–H and O–H groups in total. The molecule has 10 heavy (non-hydrogen) atoms. The van der Waals surface area contributed by atoms with Gasteiger partial charge in [-0.05, 0) is 12.1 Å². The lowest BCUT2D eigenvalue weighted by atomic mass is 10.4. The van der Waals surface area contributed by atoms with Crippen LogP contribution < -0.4 is 4.85 Å². The highest BCUT2D eigenvalue weighted by molar-refractivity contribution is 5.64. The second-order valence-corrected chi connectivity index (χ2v) is 1.85. The molecule has 5 heteroatoms. The molecule has 0 aliphatic rings. The van der Waals surface area contributed by atoms with Crippen LogP contribution in [0.1, 0.15) is 0 Å². The topological polar surface area (TPSA) is 68.5 Å². The van der Waals surface area contributed by atoms with Gasteiger partial charge >= 0.3 is 5.65 Å². The van der Waals surface area contributed by atoms with Crippen molar-refractivity contribution in [3.63, 3.8) is 0 Å². The van der Waals surface area contributed by atoms with Crippen LogP contribution in [0.5, 0.6) is 0 Å². The molecule has 0 radical (unpaired) electrons. The summed E-state index contributed by atoms with van der Waals surface area (Å²) in [5.41, 5.74) is 0.903. The first kappa shape index (κ1) is 5.16. The highest BCUT2D eigenvalue weighted by Crippen LogP contribution is 1.97. The lowest BCUT2D eigenvalue weighted by molar-refractivity contribution is -0.644. The van der Waals surface area contributed by atoms with Crippen molar-refractivity contribution in [3.8, 4) is 0 Å². The zero-order valence-corrected chi connectivity index (χ0v) is 4.98. The number of aromatic nitrogens is 4. The standard InChI is InChI=1S/C5H4N4O/c10-9-4-2-1-3-6-5(4)7-8-9/h1-3,8H. The van der Waals surface area contributed by atoms with E-state index in [-0.39, 0.29) is 0 Å². The molecule has 2 aromatic rings. The molecule has 0 aliphatic carbocycles. The van der Waals surface area contributed by atoms with E-state index < -0.39 is 0 Å². The van der Waals surface area contributed by atoms with E-state index in [1.807, 2.05) is 0 Å². The van der Waals surface area contributed by atoms with Gasteiger partial charge in [0.15, 0.2) is 0 Å². The maximum atomic E-state index is 10.7. The fourth-order valence-electron chi connectivity index (χ4n) is 0.780. The molecule has 0 amide bonds. The largest absolute Gasteiger partial charge is 0.692 e. The van der Waals surface area contributed by atoms with Gasteiger partial charge in [-0.3, -0.25) is 0 Å². The van der Waals surface area contributed by atoms with Gasteiger partial charge in [0.1, 0.15) is 0 Å². The minimum Gasteiger partial charge on any atom is -0.692 e. The van der Waals surface area contributed by atoms with E-state index in [0.717, 1.165) is 0 Å². The van der Waals surface area contributed by atoms with Crippen LogP contribution in [0.25, 0.3) is 11.2 Å². The lowest BCUT2D eigenvalue weighted by Crippen LogP contribution is -2.27. The molecule has 0 fully saturated rings. The third-order valence-electron chi connectivity index (χ3n) is 1.23. The minimum atomic E-state index is 0.442. The third-order valence-corrected chi connectivity index (χ3v) is 1.23. The Morgan fingerprint density at radius 1 is 1.60 bits per heavy atom. The maximum absolute atomic E-state index is 10.7. The van der Waals surface area contributed by atoms with Gasteiger partial charge in [-0.2, -0.15) is 4.85 Å². The second kappa shape index (κ2) is 1.66. The molecule has 0 atom stereocenters. The van der Waals surface area contributed by atoms with Gasteiger partial charge in [0.2, 0.25) is 5.52 Å².